The van der Waals surface area contributed by atoms with Crippen molar-refractivity contribution in [2.24, 2.45) is 5.73 Å². The summed E-state index contributed by atoms with van der Waals surface area (Å²) in [6, 6.07) is 4.94. The van der Waals surface area contributed by atoms with Crippen LogP contribution in [0.25, 0.3) is 0 Å². The summed E-state index contributed by atoms with van der Waals surface area (Å²) in [6.07, 6.45) is 2.38. The number of amides is 1. The predicted octanol–water partition coefficient (Wildman–Crippen LogP) is 1.34. The first kappa shape index (κ1) is 9.83. The largest absolute Gasteiger partial charge is 0.493 e. The number of carbonyl (C=O) groups excluding carboxylic acids is 1. The molecule has 0 heterocycles. The van der Waals surface area contributed by atoms with Gasteiger partial charge in [0.25, 0.3) is 0 Å². The van der Waals surface area contributed by atoms with Gasteiger partial charge < -0.3 is 15.2 Å². The fraction of sp³-hybridized carbons (Fsp3) is 0.364. The van der Waals surface area contributed by atoms with Gasteiger partial charge in [-0.1, -0.05) is 0 Å². The molecule has 0 bridgehead atoms. The molecule has 0 atom stereocenters. The third-order valence-electron chi connectivity index (χ3n) is 2.27. The lowest BCUT2D eigenvalue weighted by molar-refractivity contribution is 0.0999. The molecule has 4 nitrogen and oxygen atoms in total. The Hall–Kier alpha value is -1.71. The maximum absolute atomic E-state index is 11.0. The number of nitrogens with two attached hydrogens (primary N) is 1. The van der Waals surface area contributed by atoms with Gasteiger partial charge in [-0.15, -0.1) is 0 Å². The van der Waals surface area contributed by atoms with Gasteiger partial charge in [-0.05, 0) is 31.0 Å². The van der Waals surface area contributed by atoms with Gasteiger partial charge in [0.1, 0.15) is 0 Å². The van der Waals surface area contributed by atoms with E-state index in [-0.39, 0.29) is 6.10 Å². The van der Waals surface area contributed by atoms with Gasteiger partial charge in [0, 0.05) is 5.56 Å². The van der Waals surface area contributed by atoms with Crippen molar-refractivity contribution in [3.63, 3.8) is 0 Å². The van der Waals surface area contributed by atoms with Gasteiger partial charge in [0.2, 0.25) is 5.91 Å². The predicted molar refractivity (Wildman–Crippen MR) is 55.2 cm³/mol. The number of hydrogen-bond acceptors (Lipinski definition) is 3. The molecule has 0 spiro atoms. The molecule has 0 radical (unpaired) electrons. The fourth-order valence-electron chi connectivity index (χ4n) is 1.29. The van der Waals surface area contributed by atoms with Crippen LogP contribution in [0.2, 0.25) is 0 Å². The van der Waals surface area contributed by atoms with E-state index in [1.165, 1.54) is 0 Å². The first-order valence-electron chi connectivity index (χ1n) is 4.85. The first-order valence-corrected chi connectivity index (χ1v) is 4.85. The second kappa shape index (κ2) is 3.81. The Bertz CT molecular complexity index is 385. The van der Waals surface area contributed by atoms with Crippen molar-refractivity contribution < 1.29 is 14.3 Å². The van der Waals surface area contributed by atoms with E-state index in [1.54, 1.807) is 25.3 Å². The minimum Gasteiger partial charge on any atom is -0.493 e. The number of carbonyl (C=O) groups is 1. The Labute approximate surface area is 88.0 Å². The second-order valence-electron chi connectivity index (χ2n) is 3.55. The average Bonchev–Trinajstić information content (AvgIpc) is 3.01. The number of rotatable bonds is 4. The Kier molecular flexibility index (Phi) is 2.49. The summed E-state index contributed by atoms with van der Waals surface area (Å²) in [5.41, 5.74) is 5.62. The fourth-order valence-corrected chi connectivity index (χ4v) is 1.29. The van der Waals surface area contributed by atoms with Crippen molar-refractivity contribution >= 4 is 5.91 Å². The molecule has 1 amide bonds. The zero-order valence-electron chi connectivity index (χ0n) is 8.53. The molecular formula is C11H13NO3. The SMILES string of the molecule is COc1ccc(C(N)=O)cc1OC1CC1. The normalized spacial score (nSPS) is 14.7. The topological polar surface area (TPSA) is 61.5 Å². The highest BCUT2D eigenvalue weighted by Gasteiger charge is 2.25. The number of benzene rings is 1. The van der Waals surface area contributed by atoms with Gasteiger partial charge in [-0.3, -0.25) is 4.79 Å². The molecule has 1 aromatic carbocycles. The highest BCUT2D eigenvalue weighted by Crippen LogP contribution is 2.34. The van der Waals surface area contributed by atoms with Crippen LogP contribution in [0.1, 0.15) is 23.2 Å². The van der Waals surface area contributed by atoms with Crippen LogP contribution in [-0.4, -0.2) is 19.1 Å². The van der Waals surface area contributed by atoms with E-state index >= 15 is 0 Å². The molecule has 0 saturated heterocycles. The van der Waals surface area contributed by atoms with Gasteiger partial charge in [0.05, 0.1) is 13.2 Å². The van der Waals surface area contributed by atoms with Crippen LogP contribution in [0.15, 0.2) is 18.2 Å². The highest BCUT2D eigenvalue weighted by molar-refractivity contribution is 5.93. The van der Waals surface area contributed by atoms with Crippen LogP contribution < -0.4 is 15.2 Å². The van der Waals surface area contributed by atoms with Crippen molar-refractivity contribution in [2.45, 2.75) is 18.9 Å². The molecule has 15 heavy (non-hydrogen) atoms. The lowest BCUT2D eigenvalue weighted by atomic mass is 10.2. The van der Waals surface area contributed by atoms with Crippen molar-refractivity contribution in [3.05, 3.63) is 23.8 Å². The van der Waals surface area contributed by atoms with E-state index in [2.05, 4.69) is 0 Å². The third kappa shape index (κ3) is 2.21. The number of hydrogen-bond donors (Lipinski definition) is 1. The van der Waals surface area contributed by atoms with Crippen molar-refractivity contribution in [1.29, 1.82) is 0 Å². The van der Waals surface area contributed by atoms with Crippen molar-refractivity contribution in [1.82, 2.24) is 0 Å². The molecule has 1 fully saturated rings. The minimum absolute atomic E-state index is 0.266. The Morgan fingerprint density at radius 2 is 2.13 bits per heavy atom. The maximum Gasteiger partial charge on any atom is 0.248 e. The van der Waals surface area contributed by atoms with Crippen LogP contribution in [0.5, 0.6) is 11.5 Å². The third-order valence-corrected chi connectivity index (χ3v) is 2.27. The second-order valence-corrected chi connectivity index (χ2v) is 3.55. The van der Waals surface area contributed by atoms with Gasteiger partial charge in [-0.2, -0.15) is 0 Å². The Morgan fingerprint density at radius 1 is 1.40 bits per heavy atom. The zero-order valence-corrected chi connectivity index (χ0v) is 8.53. The number of primary amides is 1. The lowest BCUT2D eigenvalue weighted by Crippen LogP contribution is -2.11. The molecule has 80 valence electrons. The van der Waals surface area contributed by atoms with Crippen LogP contribution in [-0.2, 0) is 0 Å². The minimum atomic E-state index is -0.460. The molecule has 1 saturated carbocycles. The van der Waals surface area contributed by atoms with Gasteiger partial charge >= 0.3 is 0 Å². The van der Waals surface area contributed by atoms with E-state index in [0.717, 1.165) is 12.8 Å². The van der Waals surface area contributed by atoms with Crippen LogP contribution >= 0.6 is 0 Å². The summed E-state index contributed by atoms with van der Waals surface area (Å²) in [5, 5.41) is 0. The molecule has 1 aromatic rings. The quantitative estimate of drug-likeness (QED) is 0.810. The Morgan fingerprint density at radius 3 is 2.67 bits per heavy atom. The summed E-state index contributed by atoms with van der Waals surface area (Å²) in [4.78, 5) is 11.0. The van der Waals surface area contributed by atoms with Gasteiger partial charge in [0.15, 0.2) is 11.5 Å². The highest BCUT2D eigenvalue weighted by atomic mass is 16.5. The maximum atomic E-state index is 11.0. The lowest BCUT2D eigenvalue weighted by Gasteiger charge is -2.10. The molecule has 4 heteroatoms. The molecule has 0 unspecified atom stereocenters. The molecule has 0 aliphatic heterocycles. The van der Waals surface area contributed by atoms with Crippen LogP contribution in [0.4, 0.5) is 0 Å². The molecule has 1 aliphatic rings. The van der Waals surface area contributed by atoms with E-state index in [9.17, 15) is 4.79 Å². The molecular weight excluding hydrogens is 194 g/mol. The summed E-state index contributed by atoms with van der Waals surface area (Å²) >= 11 is 0. The summed E-state index contributed by atoms with van der Waals surface area (Å²) in [7, 11) is 1.57. The monoisotopic (exact) mass is 207 g/mol. The van der Waals surface area contributed by atoms with Crippen LogP contribution in [0, 0.1) is 0 Å². The number of ether oxygens (including phenoxy) is 2. The molecule has 2 rings (SSSR count). The molecule has 1 aliphatic carbocycles. The van der Waals surface area contributed by atoms with Gasteiger partial charge in [-0.25, -0.2) is 0 Å². The zero-order chi connectivity index (χ0) is 10.8. The first-order chi connectivity index (χ1) is 7.20. The van der Waals surface area contributed by atoms with E-state index in [4.69, 9.17) is 15.2 Å². The standard InChI is InChI=1S/C11H13NO3/c1-14-9-5-2-7(11(12)13)6-10(9)15-8-3-4-8/h2,5-6,8H,3-4H2,1H3,(H2,12,13). The van der Waals surface area contributed by atoms with E-state index in [1.807, 2.05) is 0 Å². The molecule has 0 aromatic heterocycles. The summed E-state index contributed by atoms with van der Waals surface area (Å²) in [5.74, 6) is 0.765. The summed E-state index contributed by atoms with van der Waals surface area (Å²) in [6.45, 7) is 0. The average molecular weight is 207 g/mol. The van der Waals surface area contributed by atoms with Crippen molar-refractivity contribution in [3.8, 4) is 11.5 Å². The van der Waals surface area contributed by atoms with E-state index in [0.29, 0.717) is 17.1 Å². The van der Waals surface area contributed by atoms with Crippen molar-refractivity contribution in [2.75, 3.05) is 7.11 Å². The smallest absolute Gasteiger partial charge is 0.248 e. The summed E-state index contributed by atoms with van der Waals surface area (Å²) < 4.78 is 10.7. The van der Waals surface area contributed by atoms with Crippen LogP contribution in [0.3, 0.4) is 0 Å². The molecule has 2 N–H and O–H groups in total. The van der Waals surface area contributed by atoms with E-state index < -0.39 is 5.91 Å². The Balaban J connectivity index is 2.28. The number of methoxy groups -OCH3 is 1.